The van der Waals surface area contributed by atoms with Crippen molar-refractivity contribution in [3.63, 3.8) is 0 Å². The summed E-state index contributed by atoms with van der Waals surface area (Å²) < 4.78 is 0. The van der Waals surface area contributed by atoms with Crippen LogP contribution in [-0.2, 0) is 12.8 Å². The van der Waals surface area contributed by atoms with Gasteiger partial charge in [0.15, 0.2) is 17.0 Å². The molecular weight excluding hydrogens is 276 g/mol. The molecule has 0 unspecified atom stereocenters. The number of hydrogen-bond donors (Lipinski definition) is 0. The van der Waals surface area contributed by atoms with Gasteiger partial charge in [0, 0.05) is 28.2 Å². The van der Waals surface area contributed by atoms with E-state index in [1.165, 1.54) is 0 Å². The average molecular weight is 302 g/mol. The molecule has 2 aromatic heterocycles. The van der Waals surface area contributed by atoms with E-state index in [0.29, 0.717) is 11.6 Å². The summed E-state index contributed by atoms with van der Waals surface area (Å²) in [4.78, 5) is 22.7. The normalized spacial score (nSPS) is 11.0. The number of fused-ring (bicyclic) bond motifs is 1. The molecule has 0 bridgehead atoms. The van der Waals surface area contributed by atoms with Crippen LogP contribution in [0.1, 0.15) is 38.1 Å². The zero-order valence-electron chi connectivity index (χ0n) is 14.5. The number of aryl methyl sites for hydroxylation is 2. The van der Waals surface area contributed by atoms with Crippen LogP contribution in [0.25, 0.3) is 11.2 Å². The SMILES string of the molecule is CCCc1nc2nc(N(C)C)nc(N(C)C)c2nc1CCC. The summed E-state index contributed by atoms with van der Waals surface area (Å²) in [7, 11) is 7.82. The summed E-state index contributed by atoms with van der Waals surface area (Å²) in [5.74, 6) is 1.48. The second-order valence-electron chi connectivity index (χ2n) is 5.93. The van der Waals surface area contributed by atoms with Gasteiger partial charge in [0.1, 0.15) is 0 Å². The highest BCUT2D eigenvalue weighted by molar-refractivity contribution is 5.84. The Bertz CT molecular complexity index is 651. The smallest absolute Gasteiger partial charge is 0.228 e. The number of hydrogen-bond acceptors (Lipinski definition) is 6. The van der Waals surface area contributed by atoms with Gasteiger partial charge in [-0.1, -0.05) is 26.7 Å². The van der Waals surface area contributed by atoms with Gasteiger partial charge in [-0.3, -0.25) is 0 Å². The van der Waals surface area contributed by atoms with Crippen molar-refractivity contribution in [3.8, 4) is 0 Å². The fourth-order valence-electron chi connectivity index (χ4n) is 2.38. The van der Waals surface area contributed by atoms with Crippen molar-refractivity contribution in [2.45, 2.75) is 39.5 Å². The molecule has 2 heterocycles. The summed E-state index contributed by atoms with van der Waals surface area (Å²) in [6.07, 6.45) is 4.01. The molecule has 0 spiro atoms. The van der Waals surface area contributed by atoms with Crippen LogP contribution in [0, 0.1) is 0 Å². The Morgan fingerprint density at radius 2 is 1.32 bits per heavy atom. The molecular formula is C16H26N6. The minimum Gasteiger partial charge on any atom is -0.361 e. The number of anilines is 2. The lowest BCUT2D eigenvalue weighted by molar-refractivity contribution is 0.804. The third kappa shape index (κ3) is 3.26. The molecule has 120 valence electrons. The molecule has 0 saturated carbocycles. The highest BCUT2D eigenvalue weighted by Crippen LogP contribution is 2.24. The average Bonchev–Trinajstić information content (AvgIpc) is 2.47. The molecule has 0 saturated heterocycles. The Kier molecular flexibility index (Phi) is 5.11. The van der Waals surface area contributed by atoms with Gasteiger partial charge in [0.2, 0.25) is 5.95 Å². The lowest BCUT2D eigenvalue weighted by Crippen LogP contribution is -2.19. The fraction of sp³-hybridized carbons (Fsp3) is 0.625. The Morgan fingerprint density at radius 3 is 1.82 bits per heavy atom. The maximum Gasteiger partial charge on any atom is 0.228 e. The van der Waals surface area contributed by atoms with E-state index in [0.717, 1.165) is 48.4 Å². The lowest BCUT2D eigenvalue weighted by atomic mass is 10.1. The van der Waals surface area contributed by atoms with Gasteiger partial charge in [-0.25, -0.2) is 9.97 Å². The van der Waals surface area contributed by atoms with E-state index in [1.54, 1.807) is 0 Å². The zero-order chi connectivity index (χ0) is 16.3. The van der Waals surface area contributed by atoms with Crippen LogP contribution in [-0.4, -0.2) is 48.1 Å². The molecule has 0 aliphatic rings. The van der Waals surface area contributed by atoms with Crippen LogP contribution in [0.2, 0.25) is 0 Å². The molecule has 0 aromatic carbocycles. The van der Waals surface area contributed by atoms with Crippen LogP contribution in [0.3, 0.4) is 0 Å². The molecule has 22 heavy (non-hydrogen) atoms. The molecule has 0 amide bonds. The quantitative estimate of drug-likeness (QED) is 0.817. The maximum absolute atomic E-state index is 4.86. The molecule has 0 aliphatic heterocycles. The first-order chi connectivity index (χ1) is 10.5. The van der Waals surface area contributed by atoms with Crippen LogP contribution < -0.4 is 9.80 Å². The minimum absolute atomic E-state index is 0.663. The van der Waals surface area contributed by atoms with Gasteiger partial charge >= 0.3 is 0 Å². The Labute approximate surface area is 132 Å². The van der Waals surface area contributed by atoms with E-state index in [1.807, 2.05) is 38.0 Å². The van der Waals surface area contributed by atoms with Crippen molar-refractivity contribution in [2.75, 3.05) is 38.0 Å². The summed E-state index contributed by atoms with van der Waals surface area (Å²) in [6, 6.07) is 0. The molecule has 0 atom stereocenters. The lowest BCUT2D eigenvalue weighted by Gasteiger charge is -2.18. The van der Waals surface area contributed by atoms with Crippen molar-refractivity contribution >= 4 is 22.9 Å². The largest absolute Gasteiger partial charge is 0.361 e. The Morgan fingerprint density at radius 1 is 0.727 bits per heavy atom. The minimum atomic E-state index is 0.663. The molecule has 6 heteroatoms. The molecule has 0 aliphatic carbocycles. The van der Waals surface area contributed by atoms with Crippen LogP contribution >= 0.6 is 0 Å². The Balaban J connectivity index is 2.72. The van der Waals surface area contributed by atoms with Gasteiger partial charge < -0.3 is 9.80 Å². The molecule has 6 nitrogen and oxygen atoms in total. The van der Waals surface area contributed by atoms with E-state index < -0.39 is 0 Å². The van der Waals surface area contributed by atoms with Crippen molar-refractivity contribution in [1.82, 2.24) is 19.9 Å². The van der Waals surface area contributed by atoms with Gasteiger partial charge in [0.25, 0.3) is 0 Å². The first-order valence-electron chi connectivity index (χ1n) is 7.90. The summed E-state index contributed by atoms with van der Waals surface area (Å²) >= 11 is 0. The standard InChI is InChI=1S/C16H26N6/c1-7-9-11-12(10-8-2)18-14-13(17-11)15(21(3)4)20-16(19-14)22(5)6/h7-10H2,1-6H3. The molecule has 0 radical (unpaired) electrons. The first kappa shape index (κ1) is 16.4. The van der Waals surface area contributed by atoms with Crippen molar-refractivity contribution in [1.29, 1.82) is 0 Å². The first-order valence-corrected chi connectivity index (χ1v) is 7.90. The molecule has 0 fully saturated rings. The van der Waals surface area contributed by atoms with E-state index in [9.17, 15) is 0 Å². The Hall–Kier alpha value is -1.98. The van der Waals surface area contributed by atoms with Crippen molar-refractivity contribution in [2.24, 2.45) is 0 Å². The van der Waals surface area contributed by atoms with E-state index >= 15 is 0 Å². The number of rotatable bonds is 6. The van der Waals surface area contributed by atoms with Crippen LogP contribution in [0.15, 0.2) is 0 Å². The number of nitrogens with zero attached hydrogens (tertiary/aromatic N) is 6. The van der Waals surface area contributed by atoms with Crippen molar-refractivity contribution in [3.05, 3.63) is 11.4 Å². The second-order valence-corrected chi connectivity index (χ2v) is 5.93. The summed E-state index contributed by atoms with van der Waals surface area (Å²) in [5.41, 5.74) is 3.63. The summed E-state index contributed by atoms with van der Waals surface area (Å²) in [6.45, 7) is 4.33. The predicted octanol–water partition coefficient (Wildman–Crippen LogP) is 2.46. The van der Waals surface area contributed by atoms with Gasteiger partial charge in [-0.15, -0.1) is 0 Å². The predicted molar refractivity (Wildman–Crippen MR) is 91.8 cm³/mol. The molecule has 2 aromatic rings. The second kappa shape index (κ2) is 6.85. The zero-order valence-corrected chi connectivity index (χ0v) is 14.5. The highest BCUT2D eigenvalue weighted by Gasteiger charge is 2.16. The topological polar surface area (TPSA) is 58.0 Å². The van der Waals surface area contributed by atoms with Crippen molar-refractivity contribution < 1.29 is 0 Å². The monoisotopic (exact) mass is 302 g/mol. The van der Waals surface area contributed by atoms with Crippen LogP contribution in [0.4, 0.5) is 11.8 Å². The van der Waals surface area contributed by atoms with Gasteiger partial charge in [0.05, 0.1) is 11.4 Å². The van der Waals surface area contributed by atoms with E-state index in [2.05, 4.69) is 23.8 Å². The fourth-order valence-corrected chi connectivity index (χ4v) is 2.38. The van der Waals surface area contributed by atoms with Crippen LogP contribution in [0.5, 0.6) is 0 Å². The third-order valence-electron chi connectivity index (χ3n) is 3.45. The van der Waals surface area contributed by atoms with E-state index in [4.69, 9.17) is 9.97 Å². The van der Waals surface area contributed by atoms with E-state index in [-0.39, 0.29) is 0 Å². The molecule has 2 rings (SSSR count). The third-order valence-corrected chi connectivity index (χ3v) is 3.45. The summed E-state index contributed by atoms with van der Waals surface area (Å²) in [5, 5.41) is 0. The van der Waals surface area contributed by atoms with Gasteiger partial charge in [-0.05, 0) is 12.8 Å². The van der Waals surface area contributed by atoms with Gasteiger partial charge in [-0.2, -0.15) is 9.97 Å². The molecule has 0 N–H and O–H groups in total. The highest BCUT2D eigenvalue weighted by atomic mass is 15.3. The number of aromatic nitrogens is 4. The maximum atomic E-state index is 4.86.